The molecule has 19 heavy (non-hydrogen) atoms. The van der Waals surface area contributed by atoms with E-state index in [2.05, 4.69) is 21.2 Å². The number of ether oxygens (including phenoxy) is 1. The van der Waals surface area contributed by atoms with Crippen LogP contribution in [0.5, 0.6) is 5.75 Å². The van der Waals surface area contributed by atoms with Crippen molar-refractivity contribution >= 4 is 27.3 Å². The molecule has 0 bridgehead atoms. The molecule has 2 rings (SSSR count). The van der Waals surface area contributed by atoms with E-state index in [1.54, 1.807) is 0 Å². The second-order valence-electron chi connectivity index (χ2n) is 3.94. The van der Waals surface area contributed by atoms with Gasteiger partial charge < -0.3 is 15.8 Å². The molecule has 0 aromatic heterocycles. The van der Waals surface area contributed by atoms with Crippen LogP contribution in [0.25, 0.3) is 0 Å². The largest absolute Gasteiger partial charge is 0.492 e. The Morgan fingerprint density at radius 3 is 2.68 bits per heavy atom. The summed E-state index contributed by atoms with van der Waals surface area (Å²) in [5.74, 6) is 0.458. The van der Waals surface area contributed by atoms with Gasteiger partial charge in [0.15, 0.2) is 0 Å². The summed E-state index contributed by atoms with van der Waals surface area (Å²) in [6.45, 7) is 1.02. The monoisotopic (exact) mass is 324 g/mol. The summed E-state index contributed by atoms with van der Waals surface area (Å²) in [6, 6.07) is 12.4. The van der Waals surface area contributed by atoms with Crippen molar-refractivity contribution < 1.29 is 9.13 Å². The van der Waals surface area contributed by atoms with Gasteiger partial charge in [-0.3, -0.25) is 0 Å². The van der Waals surface area contributed by atoms with Gasteiger partial charge >= 0.3 is 0 Å². The molecule has 0 saturated heterocycles. The Labute approximate surface area is 119 Å². The third-order valence-corrected chi connectivity index (χ3v) is 3.13. The maximum Gasteiger partial charge on any atom is 0.139 e. The van der Waals surface area contributed by atoms with Gasteiger partial charge in [-0.05, 0) is 34.1 Å². The van der Waals surface area contributed by atoms with Crippen LogP contribution in [-0.4, -0.2) is 13.2 Å². The van der Waals surface area contributed by atoms with Gasteiger partial charge in [0.1, 0.15) is 18.2 Å². The Hall–Kier alpha value is -1.75. The van der Waals surface area contributed by atoms with Crippen molar-refractivity contribution in [2.24, 2.45) is 0 Å². The molecule has 0 saturated carbocycles. The number of benzene rings is 2. The van der Waals surface area contributed by atoms with E-state index >= 15 is 0 Å². The fraction of sp³-hybridized carbons (Fsp3) is 0.143. The molecule has 0 fully saturated rings. The van der Waals surface area contributed by atoms with Crippen LogP contribution in [0.15, 0.2) is 46.9 Å². The van der Waals surface area contributed by atoms with Crippen molar-refractivity contribution in [2.45, 2.75) is 0 Å². The van der Waals surface area contributed by atoms with E-state index in [4.69, 9.17) is 10.5 Å². The molecule has 0 radical (unpaired) electrons. The van der Waals surface area contributed by atoms with Crippen LogP contribution in [0.1, 0.15) is 0 Å². The van der Waals surface area contributed by atoms with Crippen LogP contribution >= 0.6 is 15.9 Å². The zero-order chi connectivity index (χ0) is 13.7. The Morgan fingerprint density at radius 2 is 1.95 bits per heavy atom. The lowest BCUT2D eigenvalue weighted by Crippen LogP contribution is -2.12. The third-order valence-electron chi connectivity index (χ3n) is 2.52. The molecule has 0 unspecified atom stereocenters. The van der Waals surface area contributed by atoms with Gasteiger partial charge in [0.05, 0.1) is 15.8 Å². The number of hydrogen-bond donors (Lipinski definition) is 2. The highest BCUT2D eigenvalue weighted by molar-refractivity contribution is 9.10. The molecule has 3 nitrogen and oxygen atoms in total. The lowest BCUT2D eigenvalue weighted by Gasteiger charge is -2.11. The van der Waals surface area contributed by atoms with Crippen LogP contribution in [-0.2, 0) is 0 Å². The van der Waals surface area contributed by atoms with Crippen molar-refractivity contribution in [1.29, 1.82) is 0 Å². The van der Waals surface area contributed by atoms with Crippen LogP contribution < -0.4 is 15.8 Å². The number of nitrogens with two attached hydrogens (primary N) is 1. The van der Waals surface area contributed by atoms with Gasteiger partial charge in [-0.25, -0.2) is 4.39 Å². The molecule has 3 N–H and O–H groups in total. The average Bonchev–Trinajstić information content (AvgIpc) is 2.41. The summed E-state index contributed by atoms with van der Waals surface area (Å²) in [6.07, 6.45) is 0. The zero-order valence-electron chi connectivity index (χ0n) is 10.2. The van der Waals surface area contributed by atoms with Crippen LogP contribution in [0.2, 0.25) is 0 Å². The van der Waals surface area contributed by atoms with Crippen molar-refractivity contribution in [3.63, 3.8) is 0 Å². The summed E-state index contributed by atoms with van der Waals surface area (Å²) in [5.41, 5.74) is 6.84. The van der Waals surface area contributed by atoms with E-state index in [0.717, 1.165) is 5.75 Å². The molecular formula is C14H14BrFN2O. The quantitative estimate of drug-likeness (QED) is 0.651. The summed E-state index contributed by atoms with van der Waals surface area (Å²) in [5, 5.41) is 3.04. The Balaban J connectivity index is 1.85. The lowest BCUT2D eigenvalue weighted by atomic mass is 10.2. The smallest absolute Gasteiger partial charge is 0.139 e. The average molecular weight is 325 g/mol. The Morgan fingerprint density at radius 1 is 1.21 bits per heavy atom. The molecule has 0 aliphatic carbocycles. The maximum absolute atomic E-state index is 13.4. The Bertz CT molecular complexity index is 549. The van der Waals surface area contributed by atoms with Crippen molar-refractivity contribution in [3.05, 3.63) is 52.8 Å². The van der Waals surface area contributed by atoms with Crippen molar-refractivity contribution in [3.8, 4) is 5.75 Å². The number of rotatable bonds is 5. The lowest BCUT2D eigenvalue weighted by molar-refractivity contribution is 0.333. The van der Waals surface area contributed by atoms with Gasteiger partial charge in [-0.2, -0.15) is 0 Å². The van der Waals surface area contributed by atoms with Gasteiger partial charge in [0.2, 0.25) is 0 Å². The minimum absolute atomic E-state index is 0.347. The van der Waals surface area contributed by atoms with E-state index in [1.165, 1.54) is 12.1 Å². The zero-order valence-corrected chi connectivity index (χ0v) is 11.8. The van der Waals surface area contributed by atoms with Crippen molar-refractivity contribution in [2.75, 3.05) is 24.2 Å². The van der Waals surface area contributed by atoms with E-state index in [9.17, 15) is 4.39 Å². The number of anilines is 2. The van der Waals surface area contributed by atoms with E-state index in [-0.39, 0.29) is 5.82 Å². The minimum Gasteiger partial charge on any atom is -0.492 e. The minimum atomic E-state index is -0.347. The SMILES string of the molecule is Nc1cc(Br)c(F)cc1NCCOc1ccccc1. The highest BCUT2D eigenvalue weighted by atomic mass is 79.9. The molecule has 0 heterocycles. The molecule has 0 atom stereocenters. The van der Waals surface area contributed by atoms with E-state index in [0.29, 0.717) is 29.0 Å². The molecular weight excluding hydrogens is 311 g/mol. The highest BCUT2D eigenvalue weighted by Crippen LogP contribution is 2.26. The summed E-state index contributed by atoms with van der Waals surface area (Å²) >= 11 is 3.09. The Kier molecular flexibility index (Phi) is 4.63. The second-order valence-corrected chi connectivity index (χ2v) is 4.80. The first-order chi connectivity index (χ1) is 9.16. The first-order valence-corrected chi connectivity index (χ1v) is 6.62. The van der Waals surface area contributed by atoms with Gasteiger partial charge in [-0.15, -0.1) is 0 Å². The number of para-hydroxylation sites is 1. The van der Waals surface area contributed by atoms with Gasteiger partial charge in [-0.1, -0.05) is 18.2 Å². The van der Waals surface area contributed by atoms with Gasteiger partial charge in [0.25, 0.3) is 0 Å². The van der Waals surface area contributed by atoms with Gasteiger partial charge in [0, 0.05) is 12.6 Å². The molecule has 0 amide bonds. The summed E-state index contributed by atoms with van der Waals surface area (Å²) < 4.78 is 19.2. The second kappa shape index (κ2) is 6.43. The van der Waals surface area contributed by atoms with Crippen molar-refractivity contribution in [1.82, 2.24) is 0 Å². The predicted octanol–water partition coefficient (Wildman–Crippen LogP) is 3.66. The number of hydrogen-bond acceptors (Lipinski definition) is 3. The molecule has 0 aliphatic heterocycles. The number of nitrogen functional groups attached to an aromatic ring is 1. The standard InChI is InChI=1S/C14H14BrFN2O/c15-11-8-13(17)14(9-12(11)16)18-6-7-19-10-4-2-1-3-5-10/h1-5,8-9,18H,6-7,17H2. The fourth-order valence-corrected chi connectivity index (χ4v) is 1.95. The number of halogens is 2. The molecule has 100 valence electrons. The van der Waals surface area contributed by atoms with Crippen LogP contribution in [0, 0.1) is 5.82 Å². The predicted molar refractivity (Wildman–Crippen MR) is 78.9 cm³/mol. The van der Waals surface area contributed by atoms with Crippen LogP contribution in [0.3, 0.4) is 0 Å². The topological polar surface area (TPSA) is 47.3 Å². The summed E-state index contributed by atoms with van der Waals surface area (Å²) in [4.78, 5) is 0. The maximum atomic E-state index is 13.4. The fourth-order valence-electron chi connectivity index (χ4n) is 1.59. The van der Waals surface area contributed by atoms with E-state index < -0.39 is 0 Å². The molecule has 5 heteroatoms. The molecule has 0 spiro atoms. The first-order valence-electron chi connectivity index (χ1n) is 5.83. The highest BCUT2D eigenvalue weighted by Gasteiger charge is 2.05. The van der Waals surface area contributed by atoms with Crippen LogP contribution in [0.4, 0.5) is 15.8 Å². The summed E-state index contributed by atoms with van der Waals surface area (Å²) in [7, 11) is 0. The number of nitrogens with one attached hydrogen (secondary N) is 1. The molecule has 0 aliphatic rings. The molecule has 2 aromatic rings. The first kappa shape index (κ1) is 13.7. The normalized spacial score (nSPS) is 10.2. The molecule has 2 aromatic carbocycles. The third kappa shape index (κ3) is 3.86. The van der Waals surface area contributed by atoms with E-state index in [1.807, 2.05) is 30.3 Å².